The minimum Gasteiger partial charge on any atom is -0.456 e. The van der Waals surface area contributed by atoms with Gasteiger partial charge < -0.3 is 4.74 Å². The normalized spacial score (nSPS) is 11.8. The number of ether oxygens (including phenoxy) is 1. The number of hydrogen-bond acceptors (Lipinski definition) is 3. The Morgan fingerprint density at radius 2 is 1.85 bits per heavy atom. The summed E-state index contributed by atoms with van der Waals surface area (Å²) >= 11 is 0. The standard InChI is InChI=1S/C14H14F3NO2/c1-13(2,3)20-12(19)10-6-9(4-5-18)7-11(8-10)14(15,16)17/h6-8H,4H2,1-3H3. The summed E-state index contributed by atoms with van der Waals surface area (Å²) in [6, 6.07) is 4.59. The summed E-state index contributed by atoms with van der Waals surface area (Å²) in [6.07, 6.45) is -4.79. The van der Waals surface area contributed by atoms with Crippen LogP contribution in [0.4, 0.5) is 13.2 Å². The Kier molecular flexibility index (Phi) is 4.43. The molecule has 6 heteroatoms. The zero-order chi connectivity index (χ0) is 15.6. The number of halogens is 3. The van der Waals surface area contributed by atoms with Gasteiger partial charge in [0.05, 0.1) is 23.6 Å². The van der Waals surface area contributed by atoms with Crippen LogP contribution in [0.15, 0.2) is 18.2 Å². The average Bonchev–Trinajstić information content (AvgIpc) is 2.25. The summed E-state index contributed by atoms with van der Waals surface area (Å²) in [5.74, 6) is -0.845. The molecule has 0 aliphatic carbocycles. The fourth-order valence-electron chi connectivity index (χ4n) is 1.50. The second-order valence-electron chi connectivity index (χ2n) is 5.25. The molecule has 0 aliphatic heterocycles. The van der Waals surface area contributed by atoms with E-state index in [-0.39, 0.29) is 17.5 Å². The highest BCUT2D eigenvalue weighted by molar-refractivity contribution is 5.90. The molecule has 1 aromatic rings. The van der Waals surface area contributed by atoms with Crippen molar-refractivity contribution in [3.8, 4) is 6.07 Å². The Hall–Kier alpha value is -2.03. The summed E-state index contributed by atoms with van der Waals surface area (Å²) in [5.41, 5.74) is -1.85. The van der Waals surface area contributed by atoms with Crippen LogP contribution in [0.1, 0.15) is 42.3 Å². The molecule has 0 N–H and O–H groups in total. The van der Waals surface area contributed by atoms with Crippen LogP contribution in [0.3, 0.4) is 0 Å². The molecule has 0 amide bonds. The Morgan fingerprint density at radius 3 is 2.30 bits per heavy atom. The number of nitrogens with zero attached hydrogens (tertiary/aromatic N) is 1. The van der Waals surface area contributed by atoms with Crippen LogP contribution in [-0.2, 0) is 17.3 Å². The number of esters is 1. The van der Waals surface area contributed by atoms with Crippen molar-refractivity contribution in [1.82, 2.24) is 0 Å². The highest BCUT2D eigenvalue weighted by atomic mass is 19.4. The first-order valence-electron chi connectivity index (χ1n) is 5.84. The number of benzene rings is 1. The molecule has 0 aliphatic rings. The van der Waals surface area contributed by atoms with Crippen LogP contribution in [0.25, 0.3) is 0 Å². The Labute approximate surface area is 115 Å². The van der Waals surface area contributed by atoms with Crippen molar-refractivity contribution in [2.45, 2.75) is 39.0 Å². The van der Waals surface area contributed by atoms with Crippen LogP contribution in [0, 0.1) is 11.3 Å². The van der Waals surface area contributed by atoms with E-state index in [1.807, 2.05) is 0 Å². The number of alkyl halides is 3. The smallest absolute Gasteiger partial charge is 0.416 e. The molecule has 0 aromatic heterocycles. The first kappa shape index (κ1) is 16.0. The van der Waals surface area contributed by atoms with E-state index in [9.17, 15) is 18.0 Å². The van der Waals surface area contributed by atoms with Crippen molar-refractivity contribution in [1.29, 1.82) is 5.26 Å². The molecule has 0 saturated carbocycles. The second kappa shape index (κ2) is 5.53. The summed E-state index contributed by atoms with van der Waals surface area (Å²) < 4.78 is 43.3. The van der Waals surface area contributed by atoms with Gasteiger partial charge in [-0.05, 0) is 44.5 Å². The molecule has 1 aromatic carbocycles. The van der Waals surface area contributed by atoms with Crippen LogP contribution in [0.5, 0.6) is 0 Å². The molecular formula is C14H14F3NO2. The molecule has 0 fully saturated rings. The third kappa shape index (κ3) is 4.57. The van der Waals surface area contributed by atoms with Gasteiger partial charge in [0.2, 0.25) is 0 Å². The second-order valence-corrected chi connectivity index (χ2v) is 5.25. The highest BCUT2D eigenvalue weighted by Crippen LogP contribution is 2.31. The molecule has 0 unspecified atom stereocenters. The predicted molar refractivity (Wildman–Crippen MR) is 65.9 cm³/mol. The quantitative estimate of drug-likeness (QED) is 0.778. The Morgan fingerprint density at radius 1 is 1.25 bits per heavy atom. The molecule has 20 heavy (non-hydrogen) atoms. The van der Waals surface area contributed by atoms with Crippen molar-refractivity contribution in [2.24, 2.45) is 0 Å². The van der Waals surface area contributed by atoms with E-state index in [1.54, 1.807) is 26.8 Å². The lowest BCUT2D eigenvalue weighted by Gasteiger charge is -2.20. The molecular weight excluding hydrogens is 271 g/mol. The summed E-state index contributed by atoms with van der Waals surface area (Å²) in [4.78, 5) is 11.8. The van der Waals surface area contributed by atoms with Crippen LogP contribution in [-0.4, -0.2) is 11.6 Å². The number of nitriles is 1. The van der Waals surface area contributed by atoms with E-state index in [0.717, 1.165) is 12.1 Å². The van der Waals surface area contributed by atoms with Gasteiger partial charge in [0.15, 0.2) is 0 Å². The maximum atomic E-state index is 12.8. The molecule has 3 nitrogen and oxygen atoms in total. The number of hydrogen-bond donors (Lipinski definition) is 0. The van der Waals surface area contributed by atoms with Gasteiger partial charge in [-0.15, -0.1) is 0 Å². The summed E-state index contributed by atoms with van der Waals surface area (Å²) in [7, 11) is 0. The SMILES string of the molecule is CC(C)(C)OC(=O)c1cc(CC#N)cc(C(F)(F)F)c1. The van der Waals surface area contributed by atoms with E-state index >= 15 is 0 Å². The monoisotopic (exact) mass is 285 g/mol. The maximum Gasteiger partial charge on any atom is 0.416 e. The van der Waals surface area contributed by atoms with E-state index in [0.29, 0.717) is 0 Å². The van der Waals surface area contributed by atoms with Crippen LogP contribution >= 0.6 is 0 Å². The van der Waals surface area contributed by atoms with Crippen molar-refractivity contribution < 1.29 is 22.7 Å². The van der Waals surface area contributed by atoms with Crippen molar-refractivity contribution in [3.63, 3.8) is 0 Å². The third-order valence-corrected chi connectivity index (χ3v) is 2.24. The maximum absolute atomic E-state index is 12.8. The van der Waals surface area contributed by atoms with Gasteiger partial charge in [-0.1, -0.05) is 0 Å². The minimum absolute atomic E-state index is 0.128. The molecule has 0 atom stereocenters. The van der Waals surface area contributed by atoms with Gasteiger partial charge in [-0.2, -0.15) is 18.4 Å². The molecule has 0 saturated heterocycles. The average molecular weight is 285 g/mol. The van der Waals surface area contributed by atoms with Crippen LogP contribution < -0.4 is 0 Å². The van der Waals surface area contributed by atoms with E-state index in [4.69, 9.17) is 10.00 Å². The fraction of sp³-hybridized carbons (Fsp3) is 0.429. The van der Waals surface area contributed by atoms with Gasteiger partial charge in [-0.25, -0.2) is 4.79 Å². The van der Waals surface area contributed by atoms with Crippen molar-refractivity contribution in [2.75, 3.05) is 0 Å². The highest BCUT2D eigenvalue weighted by Gasteiger charge is 2.32. The lowest BCUT2D eigenvalue weighted by atomic mass is 10.0. The Bertz CT molecular complexity index is 551. The molecule has 0 bridgehead atoms. The van der Waals surface area contributed by atoms with Crippen molar-refractivity contribution >= 4 is 5.97 Å². The molecule has 1 rings (SSSR count). The largest absolute Gasteiger partial charge is 0.456 e. The first-order chi connectivity index (χ1) is 9.03. The predicted octanol–water partition coefficient (Wildman–Crippen LogP) is 3.73. The third-order valence-electron chi connectivity index (χ3n) is 2.24. The summed E-state index contributed by atoms with van der Waals surface area (Å²) in [6.45, 7) is 4.86. The van der Waals surface area contributed by atoms with Gasteiger partial charge in [-0.3, -0.25) is 0 Å². The van der Waals surface area contributed by atoms with Crippen LogP contribution in [0.2, 0.25) is 0 Å². The molecule has 0 heterocycles. The van der Waals surface area contributed by atoms with Gasteiger partial charge in [0.25, 0.3) is 0 Å². The first-order valence-corrected chi connectivity index (χ1v) is 5.84. The van der Waals surface area contributed by atoms with E-state index in [1.165, 1.54) is 6.07 Å². The lowest BCUT2D eigenvalue weighted by molar-refractivity contribution is -0.137. The number of carbonyl (C=O) groups excluding carboxylic acids is 1. The van der Waals surface area contributed by atoms with E-state index in [2.05, 4.69) is 0 Å². The zero-order valence-electron chi connectivity index (χ0n) is 11.3. The minimum atomic E-state index is -4.58. The zero-order valence-corrected chi connectivity index (χ0v) is 11.3. The number of carbonyl (C=O) groups is 1. The molecule has 0 radical (unpaired) electrons. The van der Waals surface area contributed by atoms with Crippen molar-refractivity contribution in [3.05, 3.63) is 34.9 Å². The van der Waals surface area contributed by atoms with Gasteiger partial charge in [0, 0.05) is 0 Å². The molecule has 108 valence electrons. The van der Waals surface area contributed by atoms with Gasteiger partial charge >= 0.3 is 12.1 Å². The Balaban J connectivity index is 3.23. The lowest BCUT2D eigenvalue weighted by Crippen LogP contribution is -2.24. The fourth-order valence-corrected chi connectivity index (χ4v) is 1.50. The number of rotatable bonds is 2. The van der Waals surface area contributed by atoms with Gasteiger partial charge in [0.1, 0.15) is 5.60 Å². The van der Waals surface area contributed by atoms with E-state index < -0.39 is 23.3 Å². The summed E-state index contributed by atoms with van der Waals surface area (Å²) in [5, 5.41) is 8.58. The molecule has 0 spiro atoms. The topological polar surface area (TPSA) is 50.1 Å².